The number of phenolic OH excluding ortho intramolecular Hbond substituents is 6. The first kappa shape index (κ1) is 31.4. The molecule has 2 aliphatic rings. The average Bonchev–Trinajstić information content (AvgIpc) is 3.36. The van der Waals surface area contributed by atoms with Gasteiger partial charge in [0.2, 0.25) is 0 Å². The van der Waals surface area contributed by atoms with Gasteiger partial charge < -0.3 is 35.4 Å². The van der Waals surface area contributed by atoms with Gasteiger partial charge in [0.1, 0.15) is 46.4 Å². The van der Waals surface area contributed by atoms with Gasteiger partial charge in [0.25, 0.3) is 0 Å². The lowest BCUT2D eigenvalue weighted by Gasteiger charge is -2.30. The van der Waals surface area contributed by atoms with Crippen LogP contribution in [0.25, 0.3) is 6.08 Å². The standard InChI is InChI=1S/C41H34O8/c42-28-9-3-23(4-10-28)1-2-24-15-31(45)20-35(25-5-11-29(43)12-6-25)36(16-24)37-21-34(48)22-38-40(37)39(27-17-32(46)19-33(47)18-27)41(49-38)26-7-13-30(44)14-8-26/h1-15,17-19,21-22,35-36,39,41-44,46-48H,16,20H2/b2-1+. The summed E-state index contributed by atoms with van der Waals surface area (Å²) in [6.45, 7) is 0. The van der Waals surface area contributed by atoms with Crippen molar-refractivity contribution in [2.45, 2.75) is 36.7 Å². The Labute approximate surface area is 282 Å². The summed E-state index contributed by atoms with van der Waals surface area (Å²) in [5.41, 5.74) is 5.24. The van der Waals surface area contributed by atoms with E-state index in [1.54, 1.807) is 103 Å². The minimum Gasteiger partial charge on any atom is -0.508 e. The maximum absolute atomic E-state index is 13.6. The molecule has 0 aromatic heterocycles. The summed E-state index contributed by atoms with van der Waals surface area (Å²) in [6.07, 6.45) is 5.33. The minimum absolute atomic E-state index is 0.0252. The number of hydrogen-bond donors (Lipinski definition) is 6. The van der Waals surface area contributed by atoms with E-state index in [1.165, 1.54) is 6.07 Å². The normalized spacial score (nSPS) is 20.4. The molecule has 5 aromatic rings. The molecule has 0 amide bonds. The molecule has 1 aliphatic heterocycles. The Morgan fingerprint density at radius 3 is 1.76 bits per heavy atom. The van der Waals surface area contributed by atoms with Gasteiger partial charge in [0, 0.05) is 24.1 Å². The third-order valence-corrected chi connectivity index (χ3v) is 9.34. The molecule has 0 saturated carbocycles. The number of benzene rings is 5. The van der Waals surface area contributed by atoms with Crippen molar-refractivity contribution in [3.05, 3.63) is 154 Å². The second-order valence-electron chi connectivity index (χ2n) is 12.7. The number of carbonyl (C=O) groups is 1. The molecule has 246 valence electrons. The monoisotopic (exact) mass is 654 g/mol. The molecule has 0 radical (unpaired) electrons. The lowest BCUT2D eigenvalue weighted by molar-refractivity contribution is -0.115. The third kappa shape index (κ3) is 6.53. The maximum atomic E-state index is 13.6. The molecule has 5 aromatic carbocycles. The summed E-state index contributed by atoms with van der Waals surface area (Å²) in [6, 6.07) is 27.8. The van der Waals surface area contributed by atoms with Crippen molar-refractivity contribution in [1.82, 2.24) is 0 Å². The Morgan fingerprint density at radius 1 is 0.551 bits per heavy atom. The number of ether oxygens (including phenoxy) is 1. The van der Waals surface area contributed by atoms with Crippen molar-refractivity contribution < 1.29 is 40.2 Å². The van der Waals surface area contributed by atoms with Crippen molar-refractivity contribution in [3.63, 3.8) is 0 Å². The fourth-order valence-corrected chi connectivity index (χ4v) is 7.17. The fourth-order valence-electron chi connectivity index (χ4n) is 7.17. The van der Waals surface area contributed by atoms with Crippen molar-refractivity contribution >= 4 is 11.9 Å². The molecule has 4 unspecified atom stereocenters. The zero-order valence-electron chi connectivity index (χ0n) is 26.3. The van der Waals surface area contributed by atoms with E-state index in [9.17, 15) is 35.4 Å². The summed E-state index contributed by atoms with van der Waals surface area (Å²) in [4.78, 5) is 13.6. The van der Waals surface area contributed by atoms with E-state index in [1.807, 2.05) is 12.2 Å². The van der Waals surface area contributed by atoms with Crippen molar-refractivity contribution in [3.8, 4) is 40.2 Å². The first-order valence-corrected chi connectivity index (χ1v) is 16.0. The Balaban J connectivity index is 1.41. The van der Waals surface area contributed by atoms with Gasteiger partial charge in [-0.3, -0.25) is 4.79 Å². The molecule has 0 bridgehead atoms. The molecular formula is C41H34O8. The number of phenols is 6. The summed E-state index contributed by atoms with van der Waals surface area (Å²) in [7, 11) is 0. The van der Waals surface area contributed by atoms with Gasteiger partial charge in [-0.25, -0.2) is 0 Å². The SMILES string of the molecule is O=C1C=C(/C=C/c2ccc(O)cc2)CC(c2cc(O)cc3c2C(c2cc(O)cc(O)c2)C(c2ccc(O)cc2)O3)C(c2ccc(O)cc2)C1. The molecule has 1 heterocycles. The van der Waals surface area contributed by atoms with E-state index in [2.05, 4.69) is 0 Å². The van der Waals surface area contributed by atoms with E-state index in [0.29, 0.717) is 17.7 Å². The third-order valence-electron chi connectivity index (χ3n) is 9.34. The number of ketones is 1. The van der Waals surface area contributed by atoms with E-state index in [0.717, 1.165) is 33.4 Å². The first-order valence-electron chi connectivity index (χ1n) is 16.0. The van der Waals surface area contributed by atoms with Crippen LogP contribution in [0.2, 0.25) is 0 Å². The van der Waals surface area contributed by atoms with Gasteiger partial charge >= 0.3 is 0 Å². The quantitative estimate of drug-likeness (QED) is 0.108. The van der Waals surface area contributed by atoms with Crippen LogP contribution < -0.4 is 4.74 Å². The fraction of sp³-hybridized carbons (Fsp3) is 0.146. The second-order valence-corrected chi connectivity index (χ2v) is 12.7. The van der Waals surface area contributed by atoms with Gasteiger partial charge in [-0.1, -0.05) is 48.6 Å². The smallest absolute Gasteiger partial charge is 0.156 e. The maximum Gasteiger partial charge on any atom is 0.156 e. The van der Waals surface area contributed by atoms with Gasteiger partial charge in [-0.05, 0) is 112 Å². The highest BCUT2D eigenvalue weighted by molar-refractivity contribution is 5.92. The van der Waals surface area contributed by atoms with Crippen LogP contribution in [0.5, 0.6) is 40.2 Å². The van der Waals surface area contributed by atoms with Crippen molar-refractivity contribution in [1.29, 1.82) is 0 Å². The highest BCUT2D eigenvalue weighted by Gasteiger charge is 2.42. The second kappa shape index (κ2) is 12.8. The molecule has 6 N–H and O–H groups in total. The topological polar surface area (TPSA) is 148 Å². The molecule has 4 atom stereocenters. The Hall–Kier alpha value is -6.15. The lowest BCUT2D eigenvalue weighted by Crippen LogP contribution is -2.17. The minimum atomic E-state index is -0.652. The van der Waals surface area contributed by atoms with Crippen LogP contribution in [0.4, 0.5) is 0 Å². The summed E-state index contributed by atoms with van der Waals surface area (Å²) < 4.78 is 6.59. The van der Waals surface area contributed by atoms with E-state index < -0.39 is 12.0 Å². The molecule has 7 rings (SSSR count). The number of aromatic hydroxyl groups is 6. The van der Waals surface area contributed by atoms with E-state index in [-0.39, 0.29) is 58.5 Å². The molecular weight excluding hydrogens is 620 g/mol. The Morgan fingerprint density at radius 2 is 1.12 bits per heavy atom. The Bertz CT molecular complexity index is 2060. The van der Waals surface area contributed by atoms with Crippen LogP contribution in [-0.2, 0) is 4.79 Å². The number of rotatable bonds is 6. The highest BCUT2D eigenvalue weighted by atomic mass is 16.5. The molecule has 49 heavy (non-hydrogen) atoms. The number of allylic oxidation sites excluding steroid dienone is 3. The van der Waals surface area contributed by atoms with Crippen molar-refractivity contribution in [2.75, 3.05) is 0 Å². The van der Waals surface area contributed by atoms with Crippen LogP contribution in [0, 0.1) is 0 Å². The molecule has 0 saturated heterocycles. The predicted octanol–water partition coefficient (Wildman–Crippen LogP) is 8.06. The van der Waals surface area contributed by atoms with Gasteiger partial charge in [-0.2, -0.15) is 0 Å². The molecule has 0 spiro atoms. The number of fused-ring (bicyclic) bond motifs is 1. The number of hydrogen-bond acceptors (Lipinski definition) is 8. The van der Waals surface area contributed by atoms with Gasteiger partial charge in [0.05, 0.1) is 5.92 Å². The Kier molecular flexibility index (Phi) is 8.22. The van der Waals surface area contributed by atoms with Crippen LogP contribution >= 0.6 is 0 Å². The highest BCUT2D eigenvalue weighted by Crippen LogP contribution is 2.56. The summed E-state index contributed by atoms with van der Waals surface area (Å²) >= 11 is 0. The van der Waals surface area contributed by atoms with Crippen LogP contribution in [-0.4, -0.2) is 36.4 Å². The predicted molar refractivity (Wildman–Crippen MR) is 184 cm³/mol. The van der Waals surface area contributed by atoms with E-state index in [4.69, 9.17) is 4.74 Å². The first-order chi connectivity index (χ1) is 23.6. The molecule has 0 fully saturated rings. The molecule has 1 aliphatic carbocycles. The van der Waals surface area contributed by atoms with Crippen LogP contribution in [0.15, 0.2) is 121 Å². The van der Waals surface area contributed by atoms with Crippen LogP contribution in [0.3, 0.4) is 0 Å². The summed E-state index contributed by atoms with van der Waals surface area (Å²) in [5.74, 6) is -0.884. The zero-order valence-corrected chi connectivity index (χ0v) is 26.3. The van der Waals surface area contributed by atoms with Gasteiger partial charge in [-0.15, -0.1) is 0 Å². The number of carbonyl (C=O) groups excluding carboxylic acids is 1. The van der Waals surface area contributed by atoms with Gasteiger partial charge in [0.15, 0.2) is 5.78 Å². The molecule has 8 heteroatoms. The van der Waals surface area contributed by atoms with Crippen LogP contribution in [0.1, 0.15) is 70.1 Å². The lowest BCUT2D eigenvalue weighted by atomic mass is 9.72. The van der Waals surface area contributed by atoms with E-state index >= 15 is 0 Å². The summed E-state index contributed by atoms with van der Waals surface area (Å²) in [5, 5.41) is 62.2. The zero-order chi connectivity index (χ0) is 34.2. The largest absolute Gasteiger partial charge is 0.508 e. The molecule has 8 nitrogen and oxygen atoms in total. The average molecular weight is 655 g/mol. The van der Waals surface area contributed by atoms with Crippen molar-refractivity contribution in [2.24, 2.45) is 0 Å².